The number of quaternary nitrogens is 1. The molecule has 1 fully saturated rings. The van der Waals surface area contributed by atoms with E-state index in [0.717, 1.165) is 0 Å². The molecular formula is C5H14N2O5P+. The summed E-state index contributed by atoms with van der Waals surface area (Å²) in [4.78, 5) is 8.82. The van der Waals surface area contributed by atoms with Gasteiger partial charge in [0.2, 0.25) is 6.23 Å². The van der Waals surface area contributed by atoms with E-state index in [1.165, 1.54) is 0 Å². The van der Waals surface area contributed by atoms with Gasteiger partial charge in [0.15, 0.2) is 0 Å². The van der Waals surface area contributed by atoms with Crippen LogP contribution in [0.15, 0.2) is 0 Å². The Morgan fingerprint density at radius 1 is 1.54 bits per heavy atom. The molecule has 3 N–H and O–H groups in total. The van der Waals surface area contributed by atoms with Gasteiger partial charge in [-0.1, -0.05) is 0 Å². The van der Waals surface area contributed by atoms with Gasteiger partial charge in [0.25, 0.3) is 6.29 Å². The smallest absolute Gasteiger partial charge is 0.301 e. The fourth-order valence-corrected chi connectivity index (χ4v) is 1.34. The van der Waals surface area contributed by atoms with Crippen molar-refractivity contribution in [1.82, 2.24) is 0 Å². The summed E-state index contributed by atoms with van der Waals surface area (Å²) in [6, 6.07) is 0. The summed E-state index contributed by atoms with van der Waals surface area (Å²) in [5.74, 6) is 4.54. The molecule has 8 heteroatoms. The summed E-state index contributed by atoms with van der Waals surface area (Å²) in [7, 11) is 1.49. The Balaban J connectivity index is 2.41. The van der Waals surface area contributed by atoms with Crippen LogP contribution in [0.5, 0.6) is 0 Å². The van der Waals surface area contributed by atoms with Crippen LogP contribution in [0.2, 0.25) is 0 Å². The van der Waals surface area contributed by atoms with Crippen molar-refractivity contribution in [3.63, 3.8) is 0 Å². The predicted octanol–water partition coefficient (Wildman–Crippen LogP) is -0.618. The molecule has 0 saturated carbocycles. The number of phosphoric acid groups is 1. The first-order valence-corrected chi connectivity index (χ1v) is 5.12. The summed E-state index contributed by atoms with van der Waals surface area (Å²) in [5, 5.41) is 0. The molecule has 1 saturated heterocycles. The zero-order valence-electron chi connectivity index (χ0n) is 7.71. The molecule has 13 heavy (non-hydrogen) atoms. The number of nitrogens with zero attached hydrogens (tertiary/aromatic N) is 1. The van der Waals surface area contributed by atoms with Gasteiger partial charge in [-0.2, -0.15) is 0 Å². The number of hydrogen-bond acceptors (Lipinski definition) is 5. The fraction of sp³-hybridized carbons (Fsp3) is 1.00. The molecule has 0 aromatic heterocycles. The third kappa shape index (κ3) is 2.99. The molecule has 0 radical (unpaired) electrons. The zero-order valence-corrected chi connectivity index (χ0v) is 8.60. The predicted molar refractivity (Wildman–Crippen MR) is 42.9 cm³/mol. The number of ether oxygens (including phenoxy) is 1. The first-order valence-electron chi connectivity index (χ1n) is 3.62. The van der Waals surface area contributed by atoms with Crippen molar-refractivity contribution in [2.24, 2.45) is 5.90 Å². The van der Waals surface area contributed by atoms with E-state index in [2.05, 4.69) is 15.0 Å². The minimum Gasteiger partial charge on any atom is -0.301 e. The van der Waals surface area contributed by atoms with Crippen molar-refractivity contribution < 1.29 is 27.8 Å². The Morgan fingerprint density at radius 3 is 2.38 bits per heavy atom. The Labute approximate surface area is 76.1 Å². The van der Waals surface area contributed by atoms with E-state index in [4.69, 9.17) is 9.63 Å². The molecule has 0 spiro atoms. The summed E-state index contributed by atoms with van der Waals surface area (Å²) in [6.45, 7) is 0. The van der Waals surface area contributed by atoms with Gasteiger partial charge in [0.05, 0.1) is 21.1 Å². The Hall–Kier alpha value is -0.0100. The number of rotatable bonds is 4. The van der Waals surface area contributed by atoms with Gasteiger partial charge < -0.3 is 9.38 Å². The molecule has 78 valence electrons. The van der Waals surface area contributed by atoms with Gasteiger partial charge >= 0.3 is 7.82 Å². The third-order valence-electron chi connectivity index (χ3n) is 1.56. The SMILES string of the molecule is C[N+](C)(C)C1OC1OP(=O)(O)ON. The maximum absolute atomic E-state index is 10.8. The molecule has 0 aliphatic carbocycles. The normalized spacial score (nSPS) is 32.7. The minimum absolute atomic E-state index is 0.254. The third-order valence-corrected chi connectivity index (χ3v) is 2.30. The number of nitrogens with two attached hydrogens (primary N) is 1. The van der Waals surface area contributed by atoms with Crippen LogP contribution in [-0.4, -0.2) is 43.0 Å². The summed E-state index contributed by atoms with van der Waals surface area (Å²) >= 11 is 0. The Bertz CT molecular complexity index is 240. The van der Waals surface area contributed by atoms with Gasteiger partial charge in [0, 0.05) is 0 Å². The number of epoxide rings is 1. The van der Waals surface area contributed by atoms with Crippen LogP contribution < -0.4 is 5.90 Å². The molecule has 3 atom stereocenters. The highest BCUT2D eigenvalue weighted by molar-refractivity contribution is 7.47. The topological polar surface area (TPSA) is 94.3 Å². The van der Waals surface area contributed by atoms with Crippen molar-refractivity contribution in [2.45, 2.75) is 12.5 Å². The average molecular weight is 213 g/mol. The first-order chi connectivity index (χ1) is 5.76. The van der Waals surface area contributed by atoms with E-state index in [1.54, 1.807) is 0 Å². The molecule has 0 aromatic carbocycles. The van der Waals surface area contributed by atoms with Crippen LogP contribution in [0.1, 0.15) is 0 Å². The van der Waals surface area contributed by atoms with Crippen LogP contribution in [0.4, 0.5) is 0 Å². The fourth-order valence-electron chi connectivity index (χ4n) is 0.873. The maximum atomic E-state index is 10.8. The van der Waals surface area contributed by atoms with Gasteiger partial charge in [0.1, 0.15) is 0 Å². The van der Waals surface area contributed by atoms with Crippen molar-refractivity contribution >= 4 is 7.82 Å². The van der Waals surface area contributed by atoms with Gasteiger partial charge in [-0.05, 0) is 0 Å². The summed E-state index contributed by atoms with van der Waals surface area (Å²) < 4.78 is 24.6. The zero-order chi connectivity index (χ0) is 10.3. The van der Waals surface area contributed by atoms with E-state index >= 15 is 0 Å². The van der Waals surface area contributed by atoms with Gasteiger partial charge in [-0.25, -0.2) is 19.6 Å². The Morgan fingerprint density at radius 2 is 2.08 bits per heavy atom. The molecule has 1 aliphatic rings. The van der Waals surface area contributed by atoms with E-state index < -0.39 is 14.1 Å². The first kappa shape index (κ1) is 11.1. The van der Waals surface area contributed by atoms with Crippen LogP contribution in [-0.2, 0) is 18.5 Å². The van der Waals surface area contributed by atoms with Gasteiger partial charge in [-0.15, -0.1) is 0 Å². The molecule has 1 aliphatic heterocycles. The quantitative estimate of drug-likeness (QED) is 0.280. The van der Waals surface area contributed by atoms with Crippen molar-refractivity contribution in [3.8, 4) is 0 Å². The van der Waals surface area contributed by atoms with Crippen LogP contribution >= 0.6 is 7.82 Å². The Kier molecular flexibility index (Phi) is 2.80. The molecule has 0 amide bonds. The van der Waals surface area contributed by atoms with E-state index in [1.807, 2.05) is 21.1 Å². The van der Waals surface area contributed by atoms with Crippen LogP contribution in [0.3, 0.4) is 0 Å². The number of hydrogen-bond donors (Lipinski definition) is 2. The lowest BCUT2D eigenvalue weighted by Crippen LogP contribution is -2.39. The molecule has 0 bridgehead atoms. The summed E-state index contributed by atoms with van der Waals surface area (Å²) in [5.41, 5.74) is 0. The molecule has 3 unspecified atom stereocenters. The standard InChI is InChI=1S/C5H13N2O5P/c1-7(2,3)4-5(10-4)11-13(8,9)12-6/h4-5H,6H2,1-3H3/p+1. The van der Waals surface area contributed by atoms with Crippen LogP contribution in [0.25, 0.3) is 0 Å². The highest BCUT2D eigenvalue weighted by atomic mass is 31.2. The second kappa shape index (κ2) is 3.29. The lowest BCUT2D eigenvalue weighted by atomic mass is 10.5. The highest BCUT2D eigenvalue weighted by Gasteiger charge is 2.54. The summed E-state index contributed by atoms with van der Waals surface area (Å²) in [6.07, 6.45) is -0.977. The lowest BCUT2D eigenvalue weighted by molar-refractivity contribution is -0.892. The molecule has 1 heterocycles. The second-order valence-electron chi connectivity index (χ2n) is 3.69. The number of likely N-dealkylation sites (N-methyl/N-ethyl adjacent to an activating group) is 1. The van der Waals surface area contributed by atoms with E-state index in [9.17, 15) is 4.57 Å². The minimum atomic E-state index is -4.13. The molecule has 1 rings (SSSR count). The molecule has 0 aromatic rings. The monoisotopic (exact) mass is 213 g/mol. The van der Waals surface area contributed by atoms with E-state index in [0.29, 0.717) is 4.48 Å². The van der Waals surface area contributed by atoms with Crippen LogP contribution in [0, 0.1) is 0 Å². The lowest BCUT2D eigenvalue weighted by Gasteiger charge is -2.20. The van der Waals surface area contributed by atoms with Gasteiger partial charge in [-0.3, -0.25) is 4.74 Å². The molecule has 7 nitrogen and oxygen atoms in total. The second-order valence-corrected chi connectivity index (χ2v) is 5.05. The maximum Gasteiger partial charge on any atom is 0.491 e. The largest absolute Gasteiger partial charge is 0.491 e. The highest BCUT2D eigenvalue weighted by Crippen LogP contribution is 2.47. The molecular weight excluding hydrogens is 199 g/mol. The van der Waals surface area contributed by atoms with Crippen molar-refractivity contribution in [1.29, 1.82) is 0 Å². The van der Waals surface area contributed by atoms with E-state index in [-0.39, 0.29) is 6.23 Å². The number of phosphoric ester groups is 1. The van der Waals surface area contributed by atoms with Crippen molar-refractivity contribution in [3.05, 3.63) is 0 Å². The average Bonchev–Trinajstić information content (AvgIpc) is 2.65. The van der Waals surface area contributed by atoms with Crippen molar-refractivity contribution in [2.75, 3.05) is 21.1 Å².